The van der Waals surface area contributed by atoms with E-state index in [1.54, 1.807) is 0 Å². The van der Waals surface area contributed by atoms with Crippen LogP contribution in [0, 0.1) is 6.92 Å². The van der Waals surface area contributed by atoms with E-state index in [-0.39, 0.29) is 11.8 Å². The lowest BCUT2D eigenvalue weighted by atomic mass is 9.93. The van der Waals surface area contributed by atoms with Gasteiger partial charge < -0.3 is 5.32 Å². The highest BCUT2D eigenvalue weighted by atomic mass is 16.2. The highest BCUT2D eigenvalue weighted by molar-refractivity contribution is 6.04. The molecule has 0 aliphatic carbocycles. The predicted molar refractivity (Wildman–Crippen MR) is 60.1 cm³/mol. The van der Waals surface area contributed by atoms with E-state index < -0.39 is 12.1 Å². The van der Waals surface area contributed by atoms with Crippen molar-refractivity contribution in [3.05, 3.63) is 35.4 Å². The Morgan fingerprint density at radius 1 is 1.19 bits per heavy atom. The number of imide groups is 1. The summed E-state index contributed by atoms with van der Waals surface area (Å²) in [6.07, 6.45) is 0. The molecule has 0 aromatic heterocycles. The summed E-state index contributed by atoms with van der Waals surface area (Å²) in [4.78, 5) is 22.5. The van der Waals surface area contributed by atoms with Crippen molar-refractivity contribution >= 4 is 11.9 Å². The van der Waals surface area contributed by atoms with E-state index in [2.05, 4.69) is 10.6 Å². The number of carbonyl (C=O) groups is 2. The summed E-state index contributed by atoms with van der Waals surface area (Å²) in [5.41, 5.74) is 2.23. The minimum atomic E-state index is -0.463. The van der Waals surface area contributed by atoms with Crippen LogP contribution >= 0.6 is 0 Å². The Hall–Kier alpha value is -1.84. The molecule has 0 saturated carbocycles. The Labute approximate surface area is 94.0 Å². The van der Waals surface area contributed by atoms with Crippen molar-refractivity contribution in [1.82, 2.24) is 10.6 Å². The number of hydrogen-bond acceptors (Lipinski definition) is 2. The SMILES string of the molecule is Cc1ccc(C(C)C2NC(=O)NC2=O)cc1. The lowest BCUT2D eigenvalue weighted by molar-refractivity contribution is -0.120. The molecule has 2 rings (SSSR count). The number of aryl methyl sites for hydroxylation is 1. The molecule has 84 valence electrons. The van der Waals surface area contributed by atoms with Gasteiger partial charge in [0.25, 0.3) is 5.91 Å². The number of hydrogen-bond donors (Lipinski definition) is 2. The minimum absolute atomic E-state index is 0.0213. The molecule has 0 radical (unpaired) electrons. The van der Waals surface area contributed by atoms with Crippen LogP contribution in [0.1, 0.15) is 24.0 Å². The van der Waals surface area contributed by atoms with E-state index in [9.17, 15) is 9.59 Å². The van der Waals surface area contributed by atoms with Gasteiger partial charge in [0.1, 0.15) is 6.04 Å². The van der Waals surface area contributed by atoms with Crippen molar-refractivity contribution in [3.8, 4) is 0 Å². The molecule has 2 atom stereocenters. The molecule has 1 aliphatic rings. The highest BCUT2D eigenvalue weighted by Crippen LogP contribution is 2.21. The molecule has 16 heavy (non-hydrogen) atoms. The summed E-state index contributed by atoms with van der Waals surface area (Å²) in [5.74, 6) is -0.273. The second kappa shape index (κ2) is 3.96. The third kappa shape index (κ3) is 1.91. The Bertz CT molecular complexity index is 425. The van der Waals surface area contributed by atoms with Gasteiger partial charge in [-0.05, 0) is 12.5 Å². The van der Waals surface area contributed by atoms with Crippen LogP contribution in [-0.4, -0.2) is 18.0 Å². The lowest BCUT2D eigenvalue weighted by Gasteiger charge is -2.17. The summed E-state index contributed by atoms with van der Waals surface area (Å²) in [6, 6.07) is 7.10. The van der Waals surface area contributed by atoms with E-state index in [4.69, 9.17) is 0 Å². The third-order valence-corrected chi connectivity index (χ3v) is 2.91. The first kappa shape index (κ1) is 10.7. The maximum Gasteiger partial charge on any atom is 0.322 e. The summed E-state index contributed by atoms with van der Waals surface area (Å²) >= 11 is 0. The first-order valence-electron chi connectivity index (χ1n) is 5.26. The molecule has 0 spiro atoms. The molecule has 2 unspecified atom stereocenters. The number of carbonyl (C=O) groups excluding carboxylic acids is 2. The van der Waals surface area contributed by atoms with E-state index in [0.717, 1.165) is 5.56 Å². The van der Waals surface area contributed by atoms with E-state index in [1.165, 1.54) is 5.56 Å². The van der Waals surface area contributed by atoms with Crippen LogP contribution in [0.4, 0.5) is 4.79 Å². The average molecular weight is 218 g/mol. The van der Waals surface area contributed by atoms with Gasteiger partial charge in [-0.1, -0.05) is 36.8 Å². The Balaban J connectivity index is 2.19. The molecule has 1 fully saturated rings. The fourth-order valence-electron chi connectivity index (χ4n) is 1.85. The number of amides is 3. The quantitative estimate of drug-likeness (QED) is 0.735. The summed E-state index contributed by atoms with van der Waals surface area (Å²) in [6.45, 7) is 3.94. The van der Waals surface area contributed by atoms with Crippen molar-refractivity contribution in [3.63, 3.8) is 0 Å². The standard InChI is InChI=1S/C12H14N2O2/c1-7-3-5-9(6-4-7)8(2)10-11(15)14-12(16)13-10/h3-6,8,10H,1-2H3,(H2,13,14,15,16). The zero-order valence-electron chi connectivity index (χ0n) is 9.28. The molecular formula is C12H14N2O2. The molecule has 4 nitrogen and oxygen atoms in total. The molecule has 1 saturated heterocycles. The Morgan fingerprint density at radius 3 is 2.31 bits per heavy atom. The van der Waals surface area contributed by atoms with E-state index >= 15 is 0 Å². The van der Waals surface area contributed by atoms with Crippen molar-refractivity contribution < 1.29 is 9.59 Å². The van der Waals surface area contributed by atoms with Gasteiger partial charge in [-0.2, -0.15) is 0 Å². The van der Waals surface area contributed by atoms with Gasteiger partial charge in [0.2, 0.25) is 0 Å². The first-order chi connectivity index (χ1) is 7.58. The van der Waals surface area contributed by atoms with Gasteiger partial charge in [0, 0.05) is 5.92 Å². The molecule has 4 heteroatoms. The van der Waals surface area contributed by atoms with Gasteiger partial charge in [0.15, 0.2) is 0 Å². The predicted octanol–water partition coefficient (Wildman–Crippen LogP) is 1.31. The second-order valence-electron chi connectivity index (χ2n) is 4.14. The molecule has 0 bridgehead atoms. The lowest BCUT2D eigenvalue weighted by Crippen LogP contribution is -2.34. The maximum absolute atomic E-state index is 11.5. The van der Waals surface area contributed by atoms with Gasteiger partial charge in [-0.3, -0.25) is 10.1 Å². The van der Waals surface area contributed by atoms with Crippen LogP contribution in [0.3, 0.4) is 0 Å². The normalized spacial score (nSPS) is 21.5. The summed E-state index contributed by atoms with van der Waals surface area (Å²) in [7, 11) is 0. The average Bonchev–Trinajstić information content (AvgIpc) is 2.58. The van der Waals surface area contributed by atoms with Crippen molar-refractivity contribution in [1.29, 1.82) is 0 Å². The van der Waals surface area contributed by atoms with Gasteiger partial charge >= 0.3 is 6.03 Å². The van der Waals surface area contributed by atoms with E-state index in [0.29, 0.717) is 0 Å². The molecule has 1 aliphatic heterocycles. The first-order valence-corrected chi connectivity index (χ1v) is 5.26. The van der Waals surface area contributed by atoms with Crippen LogP contribution in [-0.2, 0) is 4.79 Å². The zero-order valence-corrected chi connectivity index (χ0v) is 9.28. The molecule has 1 heterocycles. The molecular weight excluding hydrogens is 204 g/mol. The van der Waals surface area contributed by atoms with Crippen molar-refractivity contribution in [2.75, 3.05) is 0 Å². The Morgan fingerprint density at radius 2 is 1.81 bits per heavy atom. The van der Waals surface area contributed by atoms with Crippen molar-refractivity contribution in [2.45, 2.75) is 25.8 Å². The van der Waals surface area contributed by atoms with Crippen LogP contribution in [0.2, 0.25) is 0 Å². The number of benzene rings is 1. The van der Waals surface area contributed by atoms with Gasteiger partial charge in [-0.25, -0.2) is 4.79 Å². The van der Waals surface area contributed by atoms with Gasteiger partial charge in [0.05, 0.1) is 0 Å². The Kier molecular flexibility index (Phi) is 2.64. The van der Waals surface area contributed by atoms with Crippen LogP contribution in [0.15, 0.2) is 24.3 Å². The number of rotatable bonds is 2. The minimum Gasteiger partial charge on any atom is -0.325 e. The maximum atomic E-state index is 11.5. The second-order valence-corrected chi connectivity index (χ2v) is 4.14. The van der Waals surface area contributed by atoms with Crippen molar-refractivity contribution in [2.24, 2.45) is 0 Å². The topological polar surface area (TPSA) is 58.2 Å². The van der Waals surface area contributed by atoms with Crippen LogP contribution in [0.25, 0.3) is 0 Å². The fourth-order valence-corrected chi connectivity index (χ4v) is 1.85. The molecule has 1 aromatic rings. The molecule has 2 N–H and O–H groups in total. The largest absolute Gasteiger partial charge is 0.325 e. The summed E-state index contributed by atoms with van der Waals surface area (Å²) < 4.78 is 0. The van der Waals surface area contributed by atoms with Crippen LogP contribution in [0.5, 0.6) is 0 Å². The molecule has 1 aromatic carbocycles. The van der Waals surface area contributed by atoms with E-state index in [1.807, 2.05) is 38.1 Å². The smallest absolute Gasteiger partial charge is 0.322 e. The highest BCUT2D eigenvalue weighted by Gasteiger charge is 2.34. The van der Waals surface area contributed by atoms with Crippen LogP contribution < -0.4 is 10.6 Å². The monoisotopic (exact) mass is 218 g/mol. The zero-order chi connectivity index (χ0) is 11.7. The fraction of sp³-hybridized carbons (Fsp3) is 0.333. The molecule has 3 amide bonds. The number of urea groups is 1. The number of nitrogens with one attached hydrogen (secondary N) is 2. The summed E-state index contributed by atoms with van der Waals surface area (Å²) in [5, 5.41) is 4.86. The van der Waals surface area contributed by atoms with Gasteiger partial charge in [-0.15, -0.1) is 0 Å². The third-order valence-electron chi connectivity index (χ3n) is 2.91.